The molecule has 20 heavy (non-hydrogen) atoms. The van der Waals surface area contributed by atoms with Crippen molar-refractivity contribution in [2.75, 3.05) is 26.2 Å². The van der Waals surface area contributed by atoms with E-state index in [1.165, 1.54) is 0 Å². The zero-order chi connectivity index (χ0) is 14.1. The molecule has 1 aliphatic carbocycles. The summed E-state index contributed by atoms with van der Waals surface area (Å²) in [6.07, 6.45) is 2.04. The van der Waals surface area contributed by atoms with E-state index in [9.17, 15) is 9.59 Å². The van der Waals surface area contributed by atoms with Gasteiger partial charge in [0.15, 0.2) is 0 Å². The van der Waals surface area contributed by atoms with E-state index in [0.29, 0.717) is 37.0 Å². The number of carbonyl (C=O) groups is 2. The second kappa shape index (κ2) is 5.40. The Morgan fingerprint density at radius 1 is 1.10 bits per heavy atom. The summed E-state index contributed by atoms with van der Waals surface area (Å²) >= 11 is 5.80. The summed E-state index contributed by atoms with van der Waals surface area (Å²) in [7, 11) is 0. The van der Waals surface area contributed by atoms with Crippen molar-refractivity contribution in [3.63, 3.8) is 0 Å². The molecule has 0 spiro atoms. The zero-order valence-electron chi connectivity index (χ0n) is 11.1. The molecule has 2 fully saturated rings. The van der Waals surface area contributed by atoms with Gasteiger partial charge in [0, 0.05) is 32.1 Å². The third-order valence-electron chi connectivity index (χ3n) is 3.74. The zero-order valence-corrected chi connectivity index (χ0v) is 11.8. The van der Waals surface area contributed by atoms with Crippen molar-refractivity contribution >= 4 is 23.4 Å². The van der Waals surface area contributed by atoms with Gasteiger partial charge in [-0.15, -0.1) is 0 Å². The molecule has 1 saturated carbocycles. The van der Waals surface area contributed by atoms with Crippen LogP contribution < -0.4 is 0 Å². The van der Waals surface area contributed by atoms with Gasteiger partial charge >= 0.3 is 0 Å². The van der Waals surface area contributed by atoms with E-state index in [0.717, 1.165) is 12.8 Å². The van der Waals surface area contributed by atoms with Crippen molar-refractivity contribution in [1.29, 1.82) is 0 Å². The van der Waals surface area contributed by atoms with Crippen LogP contribution in [-0.4, -0.2) is 52.8 Å². The highest BCUT2D eigenvalue weighted by Gasteiger charge is 2.35. The highest BCUT2D eigenvalue weighted by atomic mass is 35.5. The molecule has 6 heteroatoms. The predicted octanol–water partition coefficient (Wildman–Crippen LogP) is 1.43. The van der Waals surface area contributed by atoms with Gasteiger partial charge < -0.3 is 9.80 Å². The Balaban J connectivity index is 1.60. The standard InChI is InChI=1S/C14H16ClN3O2/c15-12-3-1-2-11(16-12)14(20)18-8-6-17(7-9-18)13(19)10-4-5-10/h1-3,10H,4-9H2. The van der Waals surface area contributed by atoms with Gasteiger partial charge in [-0.25, -0.2) is 4.98 Å². The monoisotopic (exact) mass is 293 g/mol. The molecule has 0 aromatic carbocycles. The fraction of sp³-hybridized carbons (Fsp3) is 0.500. The minimum atomic E-state index is -0.119. The number of halogens is 1. The molecular weight excluding hydrogens is 278 g/mol. The summed E-state index contributed by atoms with van der Waals surface area (Å²) < 4.78 is 0. The van der Waals surface area contributed by atoms with Gasteiger partial charge in [0.25, 0.3) is 5.91 Å². The van der Waals surface area contributed by atoms with Crippen LogP contribution in [-0.2, 0) is 4.79 Å². The van der Waals surface area contributed by atoms with Crippen LogP contribution in [0.1, 0.15) is 23.3 Å². The minimum absolute atomic E-state index is 0.119. The van der Waals surface area contributed by atoms with E-state index in [2.05, 4.69) is 4.98 Å². The summed E-state index contributed by atoms with van der Waals surface area (Å²) in [5, 5.41) is 0.318. The predicted molar refractivity (Wildman–Crippen MR) is 74.5 cm³/mol. The molecule has 2 amide bonds. The van der Waals surface area contributed by atoms with Crippen molar-refractivity contribution in [3.8, 4) is 0 Å². The van der Waals surface area contributed by atoms with Crippen LogP contribution in [0.5, 0.6) is 0 Å². The molecule has 1 aromatic rings. The number of aromatic nitrogens is 1. The van der Waals surface area contributed by atoms with Crippen LogP contribution in [0.4, 0.5) is 0 Å². The van der Waals surface area contributed by atoms with Gasteiger partial charge in [0.05, 0.1) is 0 Å². The molecule has 2 aliphatic rings. The first-order chi connectivity index (χ1) is 9.65. The van der Waals surface area contributed by atoms with Crippen LogP contribution in [0.15, 0.2) is 18.2 Å². The number of rotatable bonds is 2. The lowest BCUT2D eigenvalue weighted by atomic mass is 10.2. The average molecular weight is 294 g/mol. The average Bonchev–Trinajstić information content (AvgIpc) is 3.30. The minimum Gasteiger partial charge on any atom is -0.339 e. The van der Waals surface area contributed by atoms with E-state index in [1.54, 1.807) is 23.1 Å². The number of pyridine rings is 1. The van der Waals surface area contributed by atoms with Crippen LogP contribution in [0.2, 0.25) is 5.15 Å². The van der Waals surface area contributed by atoms with E-state index in [-0.39, 0.29) is 17.7 Å². The Morgan fingerprint density at radius 2 is 1.75 bits per heavy atom. The van der Waals surface area contributed by atoms with E-state index >= 15 is 0 Å². The van der Waals surface area contributed by atoms with Crippen LogP contribution in [0, 0.1) is 5.92 Å². The lowest BCUT2D eigenvalue weighted by Gasteiger charge is -2.34. The molecule has 1 saturated heterocycles. The Hall–Kier alpha value is -1.62. The molecule has 1 aliphatic heterocycles. The van der Waals surface area contributed by atoms with Crippen molar-refractivity contribution in [1.82, 2.24) is 14.8 Å². The molecule has 106 valence electrons. The summed E-state index contributed by atoms with van der Waals surface area (Å²) in [6, 6.07) is 5.02. The quantitative estimate of drug-likeness (QED) is 0.775. The summed E-state index contributed by atoms with van der Waals surface area (Å²) in [5.41, 5.74) is 0.361. The van der Waals surface area contributed by atoms with Crippen molar-refractivity contribution in [2.45, 2.75) is 12.8 Å². The third kappa shape index (κ3) is 2.77. The number of nitrogens with zero attached hydrogens (tertiary/aromatic N) is 3. The Labute approximate surface area is 122 Å². The molecule has 3 rings (SSSR count). The molecule has 0 bridgehead atoms. The first-order valence-corrected chi connectivity index (χ1v) is 7.23. The number of hydrogen-bond donors (Lipinski definition) is 0. The molecule has 0 N–H and O–H groups in total. The van der Waals surface area contributed by atoms with Crippen molar-refractivity contribution < 1.29 is 9.59 Å². The van der Waals surface area contributed by atoms with Gasteiger partial charge in [-0.1, -0.05) is 17.7 Å². The normalized spacial score (nSPS) is 19.1. The number of amides is 2. The second-order valence-electron chi connectivity index (χ2n) is 5.24. The smallest absolute Gasteiger partial charge is 0.272 e. The maximum absolute atomic E-state index is 12.3. The Kier molecular flexibility index (Phi) is 3.61. The van der Waals surface area contributed by atoms with Gasteiger partial charge in [-0.2, -0.15) is 0 Å². The number of hydrogen-bond acceptors (Lipinski definition) is 3. The lowest BCUT2D eigenvalue weighted by Crippen LogP contribution is -2.51. The molecule has 0 radical (unpaired) electrons. The first-order valence-electron chi connectivity index (χ1n) is 6.86. The highest BCUT2D eigenvalue weighted by molar-refractivity contribution is 6.29. The van der Waals surface area contributed by atoms with Crippen LogP contribution >= 0.6 is 11.6 Å². The van der Waals surface area contributed by atoms with Gasteiger partial charge in [0.2, 0.25) is 5.91 Å². The number of carbonyl (C=O) groups excluding carboxylic acids is 2. The molecule has 5 nitrogen and oxygen atoms in total. The maximum atomic E-state index is 12.3. The van der Waals surface area contributed by atoms with Gasteiger partial charge in [0.1, 0.15) is 10.8 Å². The lowest BCUT2D eigenvalue weighted by molar-refractivity contribution is -0.134. The molecule has 0 unspecified atom stereocenters. The summed E-state index contributed by atoms with van der Waals surface area (Å²) in [6.45, 7) is 2.35. The molecule has 2 heterocycles. The van der Waals surface area contributed by atoms with Crippen molar-refractivity contribution in [2.24, 2.45) is 5.92 Å². The summed E-state index contributed by atoms with van der Waals surface area (Å²) in [4.78, 5) is 31.9. The SMILES string of the molecule is O=C(c1cccc(Cl)n1)N1CCN(C(=O)C2CC2)CC1. The highest BCUT2D eigenvalue weighted by Crippen LogP contribution is 2.31. The molecule has 1 aromatic heterocycles. The van der Waals surface area contributed by atoms with Crippen LogP contribution in [0.3, 0.4) is 0 Å². The third-order valence-corrected chi connectivity index (χ3v) is 3.95. The molecule has 0 atom stereocenters. The Morgan fingerprint density at radius 3 is 2.35 bits per heavy atom. The van der Waals surface area contributed by atoms with Crippen molar-refractivity contribution in [3.05, 3.63) is 29.0 Å². The topological polar surface area (TPSA) is 53.5 Å². The second-order valence-corrected chi connectivity index (χ2v) is 5.62. The van der Waals surface area contributed by atoms with Gasteiger partial charge in [-0.05, 0) is 25.0 Å². The summed E-state index contributed by atoms with van der Waals surface area (Å²) in [5.74, 6) is 0.371. The maximum Gasteiger partial charge on any atom is 0.272 e. The number of piperazine rings is 1. The fourth-order valence-corrected chi connectivity index (χ4v) is 2.57. The van der Waals surface area contributed by atoms with Crippen LogP contribution in [0.25, 0.3) is 0 Å². The van der Waals surface area contributed by atoms with E-state index in [4.69, 9.17) is 11.6 Å². The fourth-order valence-electron chi connectivity index (χ4n) is 2.41. The van der Waals surface area contributed by atoms with E-state index in [1.807, 2.05) is 4.90 Å². The first kappa shape index (κ1) is 13.4. The van der Waals surface area contributed by atoms with Gasteiger partial charge in [-0.3, -0.25) is 9.59 Å². The van der Waals surface area contributed by atoms with E-state index < -0.39 is 0 Å². The Bertz CT molecular complexity index is 537. The molecular formula is C14H16ClN3O2. The largest absolute Gasteiger partial charge is 0.339 e.